The third-order valence-electron chi connectivity index (χ3n) is 4.93. The van der Waals surface area contributed by atoms with Crippen molar-refractivity contribution in [1.82, 2.24) is 14.3 Å². The highest BCUT2D eigenvalue weighted by Crippen LogP contribution is 2.38. The van der Waals surface area contributed by atoms with E-state index in [1.54, 1.807) is 9.21 Å². The van der Waals surface area contributed by atoms with E-state index >= 15 is 0 Å². The van der Waals surface area contributed by atoms with Gasteiger partial charge in [0, 0.05) is 31.2 Å². The summed E-state index contributed by atoms with van der Waals surface area (Å²) in [5.41, 5.74) is 0.962. The van der Waals surface area contributed by atoms with Crippen LogP contribution < -0.4 is 0 Å². The van der Waals surface area contributed by atoms with Crippen LogP contribution in [0, 0.1) is 0 Å². The van der Waals surface area contributed by atoms with E-state index in [0.717, 1.165) is 5.56 Å². The molecule has 3 saturated heterocycles. The fourth-order valence-corrected chi connectivity index (χ4v) is 5.39. The third kappa shape index (κ3) is 2.89. The van der Waals surface area contributed by atoms with Gasteiger partial charge in [0.2, 0.25) is 16.3 Å². The summed E-state index contributed by atoms with van der Waals surface area (Å²) in [7, 11) is -3.08. The molecule has 3 fully saturated rings. The van der Waals surface area contributed by atoms with Crippen molar-refractivity contribution in [3.8, 4) is 0 Å². The molecule has 24 heavy (non-hydrogen) atoms. The fraction of sp³-hybridized carbons (Fsp3) is 0.562. The predicted molar refractivity (Wildman–Crippen MR) is 87.2 cm³/mol. The first-order valence-electron chi connectivity index (χ1n) is 8.36. The molecular weight excluding hydrogens is 330 g/mol. The number of nitrogens with zero attached hydrogens (tertiary/aromatic N) is 3. The molecule has 3 heterocycles. The summed E-state index contributed by atoms with van der Waals surface area (Å²) in [5, 5.41) is 1.39. The standard InChI is InChI=1S/C16H21N3O4S/c20-16(19-15(23-19)13-5-2-1-3-6-13)17-10-7-14(8-11-17)18-9-4-12-24(18,21)22/h1-3,5-6,14-15H,4,7-12H2. The van der Waals surface area contributed by atoms with Gasteiger partial charge in [0.1, 0.15) is 0 Å². The van der Waals surface area contributed by atoms with E-state index in [9.17, 15) is 13.2 Å². The Morgan fingerprint density at radius 3 is 2.42 bits per heavy atom. The summed E-state index contributed by atoms with van der Waals surface area (Å²) < 4.78 is 25.7. The number of hydrogen-bond acceptors (Lipinski definition) is 4. The lowest BCUT2D eigenvalue weighted by atomic mass is 10.1. The zero-order valence-corrected chi connectivity index (χ0v) is 14.2. The molecule has 0 radical (unpaired) electrons. The normalized spacial score (nSPS) is 27.4. The molecule has 8 heteroatoms. The fourth-order valence-electron chi connectivity index (χ4n) is 3.59. The van der Waals surface area contributed by atoms with Gasteiger partial charge in [-0.1, -0.05) is 30.3 Å². The molecule has 0 spiro atoms. The molecule has 3 aliphatic heterocycles. The van der Waals surface area contributed by atoms with E-state index in [0.29, 0.717) is 38.9 Å². The molecular formula is C16H21N3O4S. The van der Waals surface area contributed by atoms with Crippen LogP contribution in [0.3, 0.4) is 0 Å². The SMILES string of the molecule is O=C(N1CCC(N2CCCS2(=O)=O)CC1)N1OC1c1ccccc1. The number of rotatable bonds is 2. The zero-order valence-electron chi connectivity index (χ0n) is 13.4. The number of hydrogen-bond donors (Lipinski definition) is 0. The molecule has 1 aromatic carbocycles. The number of hydroxylamine groups is 2. The first-order valence-corrected chi connectivity index (χ1v) is 9.96. The van der Waals surface area contributed by atoms with Crippen molar-refractivity contribution in [2.45, 2.75) is 31.5 Å². The summed E-state index contributed by atoms with van der Waals surface area (Å²) in [5.74, 6) is 0.256. The van der Waals surface area contributed by atoms with Gasteiger partial charge in [0.25, 0.3) is 0 Å². The van der Waals surface area contributed by atoms with E-state index in [1.807, 2.05) is 30.3 Å². The third-order valence-corrected chi connectivity index (χ3v) is 6.93. The minimum atomic E-state index is -3.08. The molecule has 1 aromatic rings. The van der Waals surface area contributed by atoms with E-state index < -0.39 is 10.0 Å². The first-order chi connectivity index (χ1) is 11.6. The van der Waals surface area contributed by atoms with Crippen LogP contribution in [0.1, 0.15) is 31.1 Å². The van der Waals surface area contributed by atoms with E-state index in [2.05, 4.69) is 0 Å². The molecule has 0 aromatic heterocycles. The Kier molecular flexibility index (Phi) is 3.98. The minimum absolute atomic E-state index is 0.0293. The van der Waals surface area contributed by atoms with Gasteiger partial charge in [0.15, 0.2) is 0 Å². The largest absolute Gasteiger partial charge is 0.346 e. The average molecular weight is 351 g/mol. The molecule has 2 amide bonds. The second-order valence-electron chi connectivity index (χ2n) is 6.48. The van der Waals surface area contributed by atoms with Gasteiger partial charge < -0.3 is 4.90 Å². The lowest BCUT2D eigenvalue weighted by Gasteiger charge is -2.35. The number of piperidine rings is 1. The summed E-state index contributed by atoms with van der Waals surface area (Å²) in [6.45, 7) is 1.75. The number of carbonyl (C=O) groups excluding carboxylic acids is 1. The number of sulfonamides is 1. The maximum Gasteiger partial charge on any atom is 0.346 e. The minimum Gasteiger partial charge on any atom is -0.323 e. The molecule has 1 atom stereocenters. The molecule has 0 saturated carbocycles. The summed E-state index contributed by atoms with van der Waals surface area (Å²) in [4.78, 5) is 19.7. The van der Waals surface area contributed by atoms with Gasteiger partial charge >= 0.3 is 6.03 Å². The number of likely N-dealkylation sites (tertiary alicyclic amines) is 1. The van der Waals surface area contributed by atoms with Crippen LogP contribution in [0.4, 0.5) is 4.79 Å². The quantitative estimate of drug-likeness (QED) is 0.758. The first kappa shape index (κ1) is 15.9. The lowest BCUT2D eigenvalue weighted by molar-refractivity contribution is 0.117. The van der Waals surface area contributed by atoms with Crippen LogP contribution in [0.2, 0.25) is 0 Å². The highest BCUT2D eigenvalue weighted by molar-refractivity contribution is 7.89. The molecule has 0 aliphatic carbocycles. The monoisotopic (exact) mass is 351 g/mol. The van der Waals surface area contributed by atoms with Crippen molar-refractivity contribution in [3.63, 3.8) is 0 Å². The van der Waals surface area contributed by atoms with E-state index in [1.165, 1.54) is 5.06 Å². The van der Waals surface area contributed by atoms with Crippen molar-refractivity contribution in [2.24, 2.45) is 0 Å². The summed E-state index contributed by atoms with van der Waals surface area (Å²) >= 11 is 0. The Labute approximate surface area is 141 Å². The summed E-state index contributed by atoms with van der Waals surface area (Å²) in [6, 6.07) is 9.52. The number of amides is 2. The van der Waals surface area contributed by atoms with Gasteiger partial charge in [-0.25, -0.2) is 18.0 Å². The topological polar surface area (TPSA) is 73.2 Å². The summed E-state index contributed by atoms with van der Waals surface area (Å²) in [6.07, 6.45) is 1.79. The second kappa shape index (κ2) is 6.02. The van der Waals surface area contributed by atoms with Gasteiger partial charge in [-0.3, -0.25) is 0 Å². The molecule has 1 unspecified atom stereocenters. The molecule has 3 aliphatic rings. The van der Waals surface area contributed by atoms with Crippen molar-refractivity contribution in [2.75, 3.05) is 25.4 Å². The van der Waals surface area contributed by atoms with Gasteiger partial charge in [0.05, 0.1) is 5.75 Å². The Balaban J connectivity index is 1.33. The van der Waals surface area contributed by atoms with Crippen molar-refractivity contribution < 1.29 is 18.0 Å². The highest BCUT2D eigenvalue weighted by Gasteiger charge is 2.46. The Bertz CT molecular complexity index is 716. The molecule has 0 bridgehead atoms. The van der Waals surface area contributed by atoms with Crippen molar-refractivity contribution >= 4 is 16.1 Å². The molecule has 0 N–H and O–H groups in total. The Hall–Kier alpha value is -1.64. The van der Waals surface area contributed by atoms with Crippen LogP contribution in [0.15, 0.2) is 30.3 Å². The van der Waals surface area contributed by atoms with E-state index in [4.69, 9.17) is 4.84 Å². The molecule has 130 valence electrons. The number of carbonyl (C=O) groups is 1. The van der Waals surface area contributed by atoms with E-state index in [-0.39, 0.29) is 24.1 Å². The van der Waals surface area contributed by atoms with Crippen LogP contribution >= 0.6 is 0 Å². The van der Waals surface area contributed by atoms with Crippen LogP contribution in [-0.4, -0.2) is 60.1 Å². The molecule has 7 nitrogen and oxygen atoms in total. The van der Waals surface area contributed by atoms with Crippen molar-refractivity contribution in [3.05, 3.63) is 35.9 Å². The molecule has 4 rings (SSSR count). The van der Waals surface area contributed by atoms with Crippen LogP contribution in [-0.2, 0) is 14.9 Å². The predicted octanol–water partition coefficient (Wildman–Crippen LogP) is 1.55. The maximum atomic E-state index is 12.5. The van der Waals surface area contributed by atoms with Crippen LogP contribution in [0.25, 0.3) is 0 Å². The van der Waals surface area contributed by atoms with Crippen molar-refractivity contribution in [1.29, 1.82) is 0 Å². The maximum absolute atomic E-state index is 12.5. The number of benzene rings is 1. The second-order valence-corrected chi connectivity index (χ2v) is 8.52. The van der Waals surface area contributed by atoms with Gasteiger partial charge in [-0.2, -0.15) is 9.37 Å². The Morgan fingerprint density at radius 2 is 1.79 bits per heavy atom. The van der Waals surface area contributed by atoms with Crippen LogP contribution in [0.5, 0.6) is 0 Å². The van der Waals surface area contributed by atoms with Gasteiger partial charge in [-0.15, -0.1) is 0 Å². The highest BCUT2D eigenvalue weighted by atomic mass is 32.2. The van der Waals surface area contributed by atoms with Gasteiger partial charge in [-0.05, 0) is 19.3 Å². The smallest absolute Gasteiger partial charge is 0.323 e. The zero-order chi connectivity index (χ0) is 16.7. The number of urea groups is 1. The average Bonchev–Trinajstić information content (AvgIpc) is 3.32. The Morgan fingerprint density at radius 1 is 1.08 bits per heavy atom. The lowest BCUT2D eigenvalue weighted by Crippen LogP contribution is -2.48.